The molecule has 4 rings (SSSR count). The Bertz CT molecular complexity index is 1460. The van der Waals surface area contributed by atoms with Gasteiger partial charge in [-0.3, -0.25) is 20.2 Å². The fraction of sp³-hybridized carbons (Fsp3) is 0.0455. The van der Waals surface area contributed by atoms with Crippen molar-refractivity contribution in [3.63, 3.8) is 0 Å². The molecular weight excluding hydrogens is 506 g/mol. The molecule has 1 aromatic heterocycles. The number of aromatic nitrogens is 1. The highest BCUT2D eigenvalue weighted by Crippen LogP contribution is 2.32. The number of nitrogens with one attached hydrogen (secondary N) is 2. The van der Waals surface area contributed by atoms with Crippen LogP contribution >= 0.6 is 23.8 Å². The summed E-state index contributed by atoms with van der Waals surface area (Å²) in [7, 11) is 0. The van der Waals surface area contributed by atoms with E-state index in [2.05, 4.69) is 15.6 Å². The Labute approximate surface area is 205 Å². The first kappa shape index (κ1) is 24.0. The maximum atomic E-state index is 13.6. The van der Waals surface area contributed by atoms with E-state index in [1.165, 1.54) is 24.3 Å². The largest absolute Gasteiger partial charge is 0.484 e. The van der Waals surface area contributed by atoms with Crippen molar-refractivity contribution < 1.29 is 27.7 Å². The number of nitrogens with zero attached hydrogens (tertiary/aromatic N) is 2. The number of nitro benzene ring substituents is 1. The summed E-state index contributed by atoms with van der Waals surface area (Å²) in [6.07, 6.45) is 0. The first-order valence-electron chi connectivity index (χ1n) is 9.73. The number of nitro groups is 1. The van der Waals surface area contributed by atoms with Crippen molar-refractivity contribution in [3.8, 4) is 17.2 Å². The van der Waals surface area contributed by atoms with Crippen molar-refractivity contribution in [2.75, 3.05) is 11.9 Å². The lowest BCUT2D eigenvalue weighted by Gasteiger charge is -2.10. The van der Waals surface area contributed by atoms with Crippen molar-refractivity contribution in [2.24, 2.45) is 0 Å². The third kappa shape index (κ3) is 5.67. The zero-order valence-electron chi connectivity index (χ0n) is 17.4. The van der Waals surface area contributed by atoms with Gasteiger partial charge in [-0.05, 0) is 54.7 Å². The van der Waals surface area contributed by atoms with Crippen LogP contribution in [0.3, 0.4) is 0 Å². The van der Waals surface area contributed by atoms with Crippen LogP contribution in [0.1, 0.15) is 0 Å². The number of thiocarbonyl (C=S) groups is 1. The number of carbonyl (C=O) groups excluding carboxylic acids is 1. The summed E-state index contributed by atoms with van der Waals surface area (Å²) in [5, 5.41) is 15.8. The topological polar surface area (TPSA) is 120 Å². The smallest absolute Gasteiger partial charge is 0.269 e. The summed E-state index contributed by atoms with van der Waals surface area (Å²) in [4.78, 5) is 26.4. The molecule has 0 aliphatic heterocycles. The van der Waals surface area contributed by atoms with Gasteiger partial charge >= 0.3 is 0 Å². The Morgan fingerprint density at radius 2 is 1.86 bits per heavy atom. The van der Waals surface area contributed by atoms with Crippen molar-refractivity contribution >= 4 is 57.3 Å². The maximum absolute atomic E-state index is 13.6. The molecule has 1 amide bonds. The molecule has 0 atom stereocenters. The van der Waals surface area contributed by atoms with Gasteiger partial charge in [0.05, 0.1) is 15.5 Å². The second-order valence-corrected chi connectivity index (χ2v) is 7.81. The summed E-state index contributed by atoms with van der Waals surface area (Å²) in [6.45, 7) is -0.375. The molecule has 13 heteroatoms. The maximum Gasteiger partial charge on any atom is 0.269 e. The van der Waals surface area contributed by atoms with Gasteiger partial charge in [-0.15, -0.1) is 0 Å². The van der Waals surface area contributed by atoms with E-state index in [1.807, 2.05) is 0 Å². The molecule has 0 radical (unpaired) electrons. The van der Waals surface area contributed by atoms with Gasteiger partial charge in [0.25, 0.3) is 11.6 Å². The number of benzene rings is 3. The van der Waals surface area contributed by atoms with Crippen molar-refractivity contribution in [1.29, 1.82) is 0 Å². The van der Waals surface area contributed by atoms with E-state index in [9.17, 15) is 23.7 Å². The Hall–Kier alpha value is -4.16. The predicted octanol–water partition coefficient (Wildman–Crippen LogP) is 5.23. The zero-order valence-corrected chi connectivity index (χ0v) is 19.0. The van der Waals surface area contributed by atoms with Crippen LogP contribution in [0, 0.1) is 21.7 Å². The number of ether oxygens (including phenoxy) is 1. The standard InChI is InChI=1S/C22H13ClF2N4O5S/c23-15-9-17(25)16(24)8-14(15)21-27-18-7-11(1-6-19(18)34-21)26-22(35)28-20(30)10-33-13-4-2-12(3-5-13)29(31)32/h1-9H,10H2,(H2,26,28,30,35). The normalized spacial score (nSPS) is 10.7. The number of carbonyl (C=O) groups is 1. The molecule has 0 aliphatic rings. The van der Waals surface area contributed by atoms with Crippen LogP contribution in [0.5, 0.6) is 5.75 Å². The minimum atomic E-state index is -1.09. The molecular formula is C22H13ClF2N4O5S. The Morgan fingerprint density at radius 3 is 2.57 bits per heavy atom. The van der Waals surface area contributed by atoms with Crippen molar-refractivity contribution in [2.45, 2.75) is 0 Å². The number of hydrogen-bond acceptors (Lipinski definition) is 7. The lowest BCUT2D eigenvalue weighted by atomic mass is 10.2. The number of fused-ring (bicyclic) bond motifs is 1. The van der Waals surface area contributed by atoms with Gasteiger partial charge < -0.3 is 14.5 Å². The van der Waals surface area contributed by atoms with Gasteiger partial charge in [-0.2, -0.15) is 0 Å². The number of rotatable bonds is 6. The first-order chi connectivity index (χ1) is 16.7. The Morgan fingerprint density at radius 1 is 1.14 bits per heavy atom. The van der Waals surface area contributed by atoms with Gasteiger partial charge in [0.15, 0.2) is 28.9 Å². The number of halogens is 3. The molecule has 2 N–H and O–H groups in total. The van der Waals surface area contributed by atoms with E-state index in [0.29, 0.717) is 16.8 Å². The van der Waals surface area contributed by atoms with Gasteiger partial charge in [-0.25, -0.2) is 13.8 Å². The lowest BCUT2D eigenvalue weighted by Crippen LogP contribution is -2.37. The van der Waals surface area contributed by atoms with Crippen LogP contribution < -0.4 is 15.4 Å². The molecule has 0 fully saturated rings. The predicted molar refractivity (Wildman–Crippen MR) is 127 cm³/mol. The molecule has 0 saturated heterocycles. The highest BCUT2D eigenvalue weighted by Gasteiger charge is 2.16. The lowest BCUT2D eigenvalue weighted by molar-refractivity contribution is -0.384. The summed E-state index contributed by atoms with van der Waals surface area (Å²) in [5.74, 6) is -2.46. The summed E-state index contributed by atoms with van der Waals surface area (Å²) in [6, 6.07) is 11.7. The number of hydrogen-bond donors (Lipinski definition) is 2. The van der Waals surface area contributed by atoms with Crippen molar-refractivity contribution in [1.82, 2.24) is 10.3 Å². The Balaban J connectivity index is 1.37. The second kappa shape index (κ2) is 9.99. The van der Waals surface area contributed by atoms with Gasteiger partial charge in [0, 0.05) is 17.8 Å². The van der Waals surface area contributed by atoms with Crippen LogP contribution in [0.15, 0.2) is 59.0 Å². The number of non-ortho nitro benzene ring substituents is 1. The van der Waals surface area contributed by atoms with Crippen LogP contribution in [0.25, 0.3) is 22.6 Å². The summed E-state index contributed by atoms with van der Waals surface area (Å²) < 4.78 is 37.8. The van der Waals surface area contributed by atoms with E-state index < -0.39 is 22.5 Å². The van der Waals surface area contributed by atoms with E-state index in [-0.39, 0.29) is 39.6 Å². The van der Waals surface area contributed by atoms with Crippen LogP contribution in [0.4, 0.5) is 20.2 Å². The number of anilines is 1. The molecule has 9 nitrogen and oxygen atoms in total. The fourth-order valence-corrected chi connectivity index (χ4v) is 3.41. The summed E-state index contributed by atoms with van der Waals surface area (Å²) in [5.41, 5.74) is 1.19. The third-order valence-electron chi connectivity index (χ3n) is 4.56. The minimum Gasteiger partial charge on any atom is -0.484 e. The molecule has 0 bridgehead atoms. The molecule has 178 valence electrons. The molecule has 4 aromatic rings. The van der Waals surface area contributed by atoms with Gasteiger partial charge in [0.2, 0.25) is 5.89 Å². The zero-order chi connectivity index (χ0) is 25.1. The van der Waals surface area contributed by atoms with Crippen LogP contribution in [-0.2, 0) is 4.79 Å². The molecule has 0 aliphatic carbocycles. The average Bonchev–Trinajstić information content (AvgIpc) is 3.23. The van der Waals surface area contributed by atoms with Crippen molar-refractivity contribution in [3.05, 3.63) is 81.4 Å². The molecule has 0 unspecified atom stereocenters. The Kier molecular flexibility index (Phi) is 6.85. The van der Waals surface area contributed by atoms with E-state index >= 15 is 0 Å². The average molecular weight is 519 g/mol. The quantitative estimate of drug-likeness (QED) is 0.154. The van der Waals surface area contributed by atoms with Crippen LogP contribution in [0.2, 0.25) is 5.02 Å². The van der Waals surface area contributed by atoms with E-state index in [0.717, 1.165) is 12.1 Å². The number of amides is 1. The molecule has 0 spiro atoms. The second-order valence-electron chi connectivity index (χ2n) is 6.99. The monoisotopic (exact) mass is 518 g/mol. The molecule has 3 aromatic carbocycles. The minimum absolute atomic E-state index is 0.000298. The van der Waals surface area contributed by atoms with E-state index in [4.69, 9.17) is 33.0 Å². The van der Waals surface area contributed by atoms with Gasteiger partial charge in [-0.1, -0.05) is 11.6 Å². The summed E-state index contributed by atoms with van der Waals surface area (Å²) >= 11 is 11.1. The molecule has 35 heavy (non-hydrogen) atoms. The first-order valence-corrected chi connectivity index (χ1v) is 10.5. The number of oxazole rings is 1. The van der Waals surface area contributed by atoms with Gasteiger partial charge in [0.1, 0.15) is 11.3 Å². The SMILES string of the molecule is O=C(COc1ccc([N+](=O)[O-])cc1)NC(=S)Nc1ccc2oc(-c3cc(F)c(F)cc3Cl)nc2c1. The van der Waals surface area contributed by atoms with E-state index in [1.54, 1.807) is 18.2 Å². The molecule has 0 saturated carbocycles. The third-order valence-corrected chi connectivity index (χ3v) is 5.07. The highest BCUT2D eigenvalue weighted by molar-refractivity contribution is 7.80. The highest BCUT2D eigenvalue weighted by atomic mass is 35.5. The van der Waals surface area contributed by atoms with Crippen LogP contribution in [-0.4, -0.2) is 27.5 Å². The fourth-order valence-electron chi connectivity index (χ4n) is 2.94. The molecule has 1 heterocycles.